The van der Waals surface area contributed by atoms with Gasteiger partial charge in [0.05, 0.1) is 12.7 Å². The molecule has 1 rings (SSSR count). The van der Waals surface area contributed by atoms with Crippen molar-refractivity contribution >= 4 is 23.3 Å². The maximum Gasteiger partial charge on any atom is 0.340 e. The Labute approximate surface area is 112 Å². The van der Waals surface area contributed by atoms with Crippen molar-refractivity contribution in [3.63, 3.8) is 0 Å². The summed E-state index contributed by atoms with van der Waals surface area (Å²) in [5.41, 5.74) is 7.89. The number of amides is 1. The molecule has 0 aliphatic rings. The monoisotopic (exact) mass is 265 g/mol. The molecule has 0 aliphatic carbocycles. The lowest BCUT2D eigenvalue weighted by Crippen LogP contribution is -2.35. The summed E-state index contributed by atoms with van der Waals surface area (Å²) < 4.78 is 4.67. The number of likely N-dealkylation sites (N-methyl/N-ethyl adjacent to an activating group) is 1. The van der Waals surface area contributed by atoms with Gasteiger partial charge in [0.1, 0.15) is 6.04 Å². The van der Waals surface area contributed by atoms with Crippen LogP contribution in [0.4, 0.5) is 11.4 Å². The third-order valence-corrected chi connectivity index (χ3v) is 2.82. The molecule has 1 amide bonds. The van der Waals surface area contributed by atoms with Gasteiger partial charge in [-0.2, -0.15) is 0 Å². The van der Waals surface area contributed by atoms with Crippen LogP contribution < -0.4 is 16.4 Å². The Balaban J connectivity index is 3.07. The highest BCUT2D eigenvalue weighted by atomic mass is 16.5. The number of anilines is 2. The van der Waals surface area contributed by atoms with Gasteiger partial charge < -0.3 is 21.1 Å². The van der Waals surface area contributed by atoms with E-state index in [4.69, 9.17) is 5.73 Å². The van der Waals surface area contributed by atoms with E-state index in [0.29, 0.717) is 11.4 Å². The minimum absolute atomic E-state index is 0.144. The molecule has 6 heteroatoms. The molecule has 0 fully saturated rings. The largest absolute Gasteiger partial charge is 0.465 e. The van der Waals surface area contributed by atoms with E-state index >= 15 is 0 Å². The first-order valence-electron chi connectivity index (χ1n) is 5.87. The normalized spacial score (nSPS) is 11.6. The molecule has 1 atom stereocenters. The fourth-order valence-electron chi connectivity index (χ4n) is 1.69. The van der Waals surface area contributed by atoms with E-state index in [0.717, 1.165) is 5.56 Å². The van der Waals surface area contributed by atoms with E-state index in [9.17, 15) is 9.59 Å². The predicted molar refractivity (Wildman–Crippen MR) is 74.1 cm³/mol. The predicted octanol–water partition coefficient (Wildman–Crippen LogP) is 0.910. The number of nitrogens with two attached hydrogens (primary N) is 1. The van der Waals surface area contributed by atoms with Gasteiger partial charge in [-0.25, -0.2) is 4.79 Å². The van der Waals surface area contributed by atoms with Crippen LogP contribution in [0.2, 0.25) is 0 Å². The molecule has 0 bridgehead atoms. The third-order valence-electron chi connectivity index (χ3n) is 2.82. The molecule has 1 aromatic rings. The average Bonchev–Trinajstić information content (AvgIpc) is 2.40. The van der Waals surface area contributed by atoms with Crippen LogP contribution >= 0.6 is 0 Å². The van der Waals surface area contributed by atoms with Crippen molar-refractivity contribution < 1.29 is 14.3 Å². The van der Waals surface area contributed by atoms with Gasteiger partial charge >= 0.3 is 5.97 Å². The van der Waals surface area contributed by atoms with Crippen LogP contribution in [0.5, 0.6) is 0 Å². The van der Waals surface area contributed by atoms with Crippen LogP contribution in [-0.2, 0) is 9.53 Å². The quantitative estimate of drug-likeness (QED) is 0.556. The summed E-state index contributed by atoms with van der Waals surface area (Å²) in [6.07, 6.45) is 0. The second-order valence-electron chi connectivity index (χ2n) is 4.23. The molecule has 0 saturated carbocycles. The fourth-order valence-corrected chi connectivity index (χ4v) is 1.69. The lowest BCUT2D eigenvalue weighted by molar-refractivity contribution is -0.121. The minimum Gasteiger partial charge on any atom is -0.465 e. The van der Waals surface area contributed by atoms with Crippen molar-refractivity contribution in [1.29, 1.82) is 0 Å². The molecule has 6 nitrogen and oxygen atoms in total. The Hall–Kier alpha value is -2.24. The van der Waals surface area contributed by atoms with Gasteiger partial charge in [0, 0.05) is 18.4 Å². The highest BCUT2D eigenvalue weighted by molar-refractivity contribution is 5.97. The van der Waals surface area contributed by atoms with E-state index in [1.54, 1.807) is 33.0 Å². The molecule has 0 spiro atoms. The number of carbonyl (C=O) groups excluding carboxylic acids is 2. The summed E-state index contributed by atoms with van der Waals surface area (Å²) in [6, 6.07) is 2.94. The number of ether oxygens (including phenoxy) is 1. The van der Waals surface area contributed by atoms with Gasteiger partial charge in [-0.05, 0) is 31.5 Å². The first-order valence-corrected chi connectivity index (χ1v) is 5.87. The Morgan fingerprint density at radius 2 is 2.00 bits per heavy atom. The van der Waals surface area contributed by atoms with Gasteiger partial charge in [-0.1, -0.05) is 0 Å². The molecular weight excluding hydrogens is 246 g/mol. The maximum atomic E-state index is 11.6. The van der Waals surface area contributed by atoms with Crippen LogP contribution in [0.3, 0.4) is 0 Å². The topological polar surface area (TPSA) is 93.5 Å². The summed E-state index contributed by atoms with van der Waals surface area (Å²) in [4.78, 5) is 23.1. The number of hydrogen-bond donors (Lipinski definition) is 3. The van der Waals surface area contributed by atoms with Gasteiger partial charge in [-0.15, -0.1) is 0 Å². The molecule has 1 unspecified atom stereocenters. The lowest BCUT2D eigenvalue weighted by atomic mass is 10.1. The highest BCUT2D eigenvalue weighted by Crippen LogP contribution is 2.24. The van der Waals surface area contributed by atoms with E-state index in [-0.39, 0.29) is 11.5 Å². The molecule has 0 heterocycles. The molecule has 19 heavy (non-hydrogen) atoms. The van der Waals surface area contributed by atoms with E-state index < -0.39 is 12.0 Å². The van der Waals surface area contributed by atoms with Crippen LogP contribution in [0, 0.1) is 6.92 Å². The second-order valence-corrected chi connectivity index (χ2v) is 4.23. The number of benzene rings is 1. The highest BCUT2D eigenvalue weighted by Gasteiger charge is 2.16. The molecule has 0 aliphatic heterocycles. The smallest absolute Gasteiger partial charge is 0.340 e. The summed E-state index contributed by atoms with van der Waals surface area (Å²) in [6.45, 7) is 3.51. The van der Waals surface area contributed by atoms with Crippen LogP contribution in [0.25, 0.3) is 0 Å². The number of carbonyl (C=O) groups is 2. The van der Waals surface area contributed by atoms with Gasteiger partial charge in [0.25, 0.3) is 0 Å². The Morgan fingerprint density at radius 1 is 1.37 bits per heavy atom. The molecule has 0 radical (unpaired) electrons. The standard InChI is InChI=1S/C13H19N3O3/c1-7-5-9(16-8(2)12(17)15-3)6-10(11(7)14)13(18)19-4/h5-6,8,16H,14H2,1-4H3,(H,15,17). The Morgan fingerprint density at radius 3 is 2.53 bits per heavy atom. The fraction of sp³-hybridized carbons (Fsp3) is 0.385. The summed E-state index contributed by atoms with van der Waals surface area (Å²) in [7, 11) is 2.86. The van der Waals surface area contributed by atoms with Crippen molar-refractivity contribution in [1.82, 2.24) is 5.32 Å². The number of rotatable bonds is 4. The van der Waals surface area contributed by atoms with Gasteiger partial charge in [-0.3, -0.25) is 4.79 Å². The molecular formula is C13H19N3O3. The van der Waals surface area contributed by atoms with Crippen LogP contribution in [-0.4, -0.2) is 32.1 Å². The van der Waals surface area contributed by atoms with Crippen molar-refractivity contribution in [2.75, 3.05) is 25.2 Å². The first kappa shape index (κ1) is 14.8. The SMILES string of the molecule is CNC(=O)C(C)Nc1cc(C)c(N)c(C(=O)OC)c1. The summed E-state index contributed by atoms with van der Waals surface area (Å²) in [5.74, 6) is -0.647. The van der Waals surface area contributed by atoms with E-state index in [1.165, 1.54) is 7.11 Å². The number of nitrogen functional groups attached to an aromatic ring is 1. The van der Waals surface area contributed by atoms with E-state index in [2.05, 4.69) is 15.4 Å². The molecule has 1 aromatic carbocycles. The van der Waals surface area contributed by atoms with Crippen LogP contribution in [0.15, 0.2) is 12.1 Å². The minimum atomic E-state index is -0.503. The number of methoxy groups -OCH3 is 1. The van der Waals surface area contributed by atoms with Crippen molar-refractivity contribution in [3.8, 4) is 0 Å². The zero-order valence-electron chi connectivity index (χ0n) is 11.5. The molecule has 0 aromatic heterocycles. The molecule has 104 valence electrons. The van der Waals surface area contributed by atoms with Crippen molar-refractivity contribution in [2.45, 2.75) is 19.9 Å². The number of nitrogens with one attached hydrogen (secondary N) is 2. The van der Waals surface area contributed by atoms with E-state index in [1.807, 2.05) is 0 Å². The third kappa shape index (κ3) is 3.37. The summed E-state index contributed by atoms with van der Waals surface area (Å²) in [5, 5.41) is 5.55. The van der Waals surface area contributed by atoms with Gasteiger partial charge in [0.2, 0.25) is 5.91 Å². The number of esters is 1. The van der Waals surface area contributed by atoms with Gasteiger partial charge in [0.15, 0.2) is 0 Å². The Kier molecular flexibility index (Phi) is 4.74. The maximum absolute atomic E-state index is 11.6. The Bertz CT molecular complexity index is 500. The zero-order valence-corrected chi connectivity index (χ0v) is 11.5. The molecule has 0 saturated heterocycles. The number of hydrogen-bond acceptors (Lipinski definition) is 5. The lowest BCUT2D eigenvalue weighted by Gasteiger charge is -2.16. The number of aryl methyl sites for hydroxylation is 1. The van der Waals surface area contributed by atoms with Crippen LogP contribution in [0.1, 0.15) is 22.8 Å². The summed E-state index contributed by atoms with van der Waals surface area (Å²) >= 11 is 0. The zero-order chi connectivity index (χ0) is 14.6. The second kappa shape index (κ2) is 6.08. The molecule has 4 N–H and O–H groups in total. The van der Waals surface area contributed by atoms with Crippen molar-refractivity contribution in [3.05, 3.63) is 23.3 Å². The first-order chi connectivity index (χ1) is 8.90. The average molecular weight is 265 g/mol. The van der Waals surface area contributed by atoms with Crippen molar-refractivity contribution in [2.24, 2.45) is 0 Å².